The molecule has 0 amide bonds. The Morgan fingerprint density at radius 2 is 2.09 bits per heavy atom. The van der Waals surface area contributed by atoms with Crippen LogP contribution in [-0.2, 0) is 9.53 Å². The second-order valence-corrected chi connectivity index (χ2v) is 5.47. The SMILES string of the molecule is C=CC(C)(C)COc1ccc2c(c1C(=O)C(=O)OC)OCO2. The van der Waals surface area contributed by atoms with Gasteiger partial charge >= 0.3 is 5.97 Å². The number of benzene rings is 1. The predicted molar refractivity (Wildman–Crippen MR) is 78.4 cm³/mol. The van der Waals surface area contributed by atoms with Crippen molar-refractivity contribution in [1.82, 2.24) is 0 Å². The van der Waals surface area contributed by atoms with Crippen LogP contribution in [0.4, 0.5) is 0 Å². The molecule has 1 aliphatic rings. The predicted octanol–water partition coefficient (Wildman–Crippen LogP) is 2.36. The zero-order chi connectivity index (χ0) is 16.3. The minimum atomic E-state index is -0.989. The topological polar surface area (TPSA) is 71.1 Å². The van der Waals surface area contributed by atoms with Crippen molar-refractivity contribution in [1.29, 1.82) is 0 Å². The summed E-state index contributed by atoms with van der Waals surface area (Å²) in [7, 11) is 1.14. The van der Waals surface area contributed by atoms with Gasteiger partial charge in [0.1, 0.15) is 11.3 Å². The van der Waals surface area contributed by atoms with Crippen LogP contribution < -0.4 is 14.2 Å². The van der Waals surface area contributed by atoms with Crippen LogP contribution in [0.3, 0.4) is 0 Å². The first-order valence-electron chi connectivity index (χ1n) is 6.71. The molecule has 1 aromatic carbocycles. The lowest BCUT2D eigenvalue weighted by atomic mass is 9.95. The van der Waals surface area contributed by atoms with Crippen molar-refractivity contribution in [2.24, 2.45) is 5.41 Å². The van der Waals surface area contributed by atoms with Crippen LogP contribution in [0.1, 0.15) is 24.2 Å². The summed E-state index contributed by atoms with van der Waals surface area (Å²) in [5, 5.41) is 0. The number of carbonyl (C=O) groups is 2. The Balaban J connectivity index is 2.39. The highest BCUT2D eigenvalue weighted by atomic mass is 16.7. The van der Waals surface area contributed by atoms with Gasteiger partial charge in [-0.15, -0.1) is 6.58 Å². The van der Waals surface area contributed by atoms with E-state index in [0.717, 1.165) is 7.11 Å². The van der Waals surface area contributed by atoms with Gasteiger partial charge in [0.15, 0.2) is 11.5 Å². The Labute approximate surface area is 128 Å². The molecule has 0 saturated carbocycles. The van der Waals surface area contributed by atoms with E-state index in [0.29, 0.717) is 5.75 Å². The largest absolute Gasteiger partial charge is 0.492 e. The maximum Gasteiger partial charge on any atom is 0.379 e. The molecule has 118 valence electrons. The number of Topliss-reactive ketones (excluding diaryl/α,β-unsaturated/α-hetero) is 1. The number of hydrogen-bond acceptors (Lipinski definition) is 6. The molecule has 1 aliphatic heterocycles. The minimum Gasteiger partial charge on any atom is -0.492 e. The summed E-state index contributed by atoms with van der Waals surface area (Å²) in [4.78, 5) is 23.8. The Hall–Kier alpha value is -2.50. The van der Waals surface area contributed by atoms with Crippen LogP contribution >= 0.6 is 0 Å². The van der Waals surface area contributed by atoms with Crippen molar-refractivity contribution in [3.05, 3.63) is 30.4 Å². The third-order valence-corrected chi connectivity index (χ3v) is 3.25. The molecular weight excluding hydrogens is 288 g/mol. The fourth-order valence-electron chi connectivity index (χ4n) is 1.81. The maximum atomic E-state index is 12.2. The van der Waals surface area contributed by atoms with Gasteiger partial charge < -0.3 is 18.9 Å². The molecular formula is C16H18O6. The van der Waals surface area contributed by atoms with Crippen LogP contribution in [0.15, 0.2) is 24.8 Å². The van der Waals surface area contributed by atoms with E-state index in [9.17, 15) is 9.59 Å². The second-order valence-electron chi connectivity index (χ2n) is 5.47. The molecule has 1 heterocycles. The molecule has 0 saturated heterocycles. The van der Waals surface area contributed by atoms with E-state index in [-0.39, 0.29) is 35.9 Å². The van der Waals surface area contributed by atoms with E-state index in [4.69, 9.17) is 14.2 Å². The van der Waals surface area contributed by atoms with E-state index in [1.54, 1.807) is 18.2 Å². The molecule has 0 radical (unpaired) electrons. The Bertz CT molecular complexity index is 617. The summed E-state index contributed by atoms with van der Waals surface area (Å²) in [5.41, 5.74) is -0.274. The third-order valence-electron chi connectivity index (χ3n) is 3.25. The van der Waals surface area contributed by atoms with E-state index in [1.807, 2.05) is 13.8 Å². The summed E-state index contributed by atoms with van der Waals surface area (Å²) in [5.74, 6) is -0.991. The quantitative estimate of drug-likeness (QED) is 0.348. The van der Waals surface area contributed by atoms with Crippen molar-refractivity contribution in [2.45, 2.75) is 13.8 Å². The van der Waals surface area contributed by atoms with Crippen molar-refractivity contribution < 1.29 is 28.5 Å². The van der Waals surface area contributed by atoms with Gasteiger partial charge in [0.25, 0.3) is 5.78 Å². The van der Waals surface area contributed by atoms with Gasteiger partial charge in [-0.25, -0.2) is 4.79 Å². The number of ether oxygens (including phenoxy) is 4. The molecule has 0 aliphatic carbocycles. The lowest BCUT2D eigenvalue weighted by molar-refractivity contribution is -0.135. The first-order chi connectivity index (χ1) is 10.4. The van der Waals surface area contributed by atoms with Gasteiger partial charge in [-0.05, 0) is 12.1 Å². The number of fused-ring (bicyclic) bond motifs is 1. The number of ketones is 1. The highest BCUT2D eigenvalue weighted by Gasteiger charge is 2.31. The van der Waals surface area contributed by atoms with Gasteiger partial charge in [-0.2, -0.15) is 0 Å². The highest BCUT2D eigenvalue weighted by Crippen LogP contribution is 2.41. The monoisotopic (exact) mass is 306 g/mol. The molecule has 0 spiro atoms. The average molecular weight is 306 g/mol. The number of hydrogen-bond donors (Lipinski definition) is 0. The van der Waals surface area contributed by atoms with Gasteiger partial charge in [0.2, 0.25) is 6.79 Å². The number of rotatable bonds is 6. The second kappa shape index (κ2) is 6.09. The fourth-order valence-corrected chi connectivity index (χ4v) is 1.81. The average Bonchev–Trinajstić information content (AvgIpc) is 2.99. The molecule has 0 bridgehead atoms. The molecule has 0 aromatic heterocycles. The summed E-state index contributed by atoms with van der Waals surface area (Å²) in [6, 6.07) is 3.20. The van der Waals surface area contributed by atoms with Crippen molar-refractivity contribution in [3.63, 3.8) is 0 Å². The van der Waals surface area contributed by atoms with Crippen LogP contribution in [0.2, 0.25) is 0 Å². The maximum absolute atomic E-state index is 12.2. The number of methoxy groups -OCH3 is 1. The number of carbonyl (C=O) groups excluding carboxylic acids is 2. The lowest BCUT2D eigenvalue weighted by Crippen LogP contribution is -2.21. The molecule has 0 unspecified atom stereocenters. The highest BCUT2D eigenvalue weighted by molar-refractivity contribution is 6.42. The summed E-state index contributed by atoms with van der Waals surface area (Å²) in [6.45, 7) is 7.89. The van der Waals surface area contributed by atoms with Gasteiger partial charge in [-0.1, -0.05) is 19.9 Å². The number of esters is 1. The first-order valence-corrected chi connectivity index (χ1v) is 6.71. The summed E-state index contributed by atoms with van der Waals surface area (Å²) in [6.07, 6.45) is 1.75. The van der Waals surface area contributed by atoms with Crippen LogP contribution in [0.5, 0.6) is 17.2 Å². The molecule has 0 fully saturated rings. The van der Waals surface area contributed by atoms with Gasteiger partial charge in [0, 0.05) is 5.41 Å². The molecule has 22 heavy (non-hydrogen) atoms. The van der Waals surface area contributed by atoms with Crippen molar-refractivity contribution in [3.8, 4) is 17.2 Å². The Morgan fingerprint density at radius 3 is 2.73 bits per heavy atom. The van der Waals surface area contributed by atoms with E-state index in [2.05, 4.69) is 11.3 Å². The third kappa shape index (κ3) is 3.05. The smallest absolute Gasteiger partial charge is 0.379 e. The molecule has 1 aromatic rings. The van der Waals surface area contributed by atoms with Gasteiger partial charge in [-0.3, -0.25) is 4.79 Å². The minimum absolute atomic E-state index is 0.0155. The summed E-state index contributed by atoms with van der Waals surface area (Å²) >= 11 is 0. The Morgan fingerprint density at radius 1 is 1.36 bits per heavy atom. The molecule has 2 rings (SSSR count). The molecule has 6 nitrogen and oxygen atoms in total. The lowest BCUT2D eigenvalue weighted by Gasteiger charge is -2.21. The first kappa shape index (κ1) is 15.9. The van der Waals surface area contributed by atoms with Crippen LogP contribution in [0.25, 0.3) is 0 Å². The standard InChI is InChI=1S/C16H18O6/c1-5-16(2,3)8-20-10-6-7-11-14(22-9-21-11)12(10)13(17)15(18)19-4/h5-7H,1,8-9H2,2-4H3. The van der Waals surface area contributed by atoms with Crippen molar-refractivity contribution in [2.75, 3.05) is 20.5 Å². The summed E-state index contributed by atoms with van der Waals surface area (Å²) < 4.78 is 20.7. The van der Waals surface area contributed by atoms with Crippen LogP contribution in [-0.4, -0.2) is 32.3 Å². The zero-order valence-electron chi connectivity index (χ0n) is 12.8. The normalized spacial score (nSPS) is 12.7. The fraction of sp³-hybridized carbons (Fsp3) is 0.375. The van der Waals surface area contributed by atoms with E-state index in [1.165, 1.54) is 0 Å². The molecule has 6 heteroatoms. The zero-order valence-corrected chi connectivity index (χ0v) is 12.8. The molecule has 0 N–H and O–H groups in total. The van der Waals surface area contributed by atoms with Crippen LogP contribution in [0, 0.1) is 5.41 Å². The van der Waals surface area contributed by atoms with Crippen molar-refractivity contribution >= 4 is 11.8 Å². The van der Waals surface area contributed by atoms with E-state index >= 15 is 0 Å². The van der Waals surface area contributed by atoms with Gasteiger partial charge in [0.05, 0.1) is 13.7 Å². The Kier molecular flexibility index (Phi) is 4.40. The van der Waals surface area contributed by atoms with E-state index < -0.39 is 11.8 Å². The molecule has 0 atom stereocenters.